The Hall–Kier alpha value is -5.62. The molecular weight excluding hydrogens is 618 g/mol. The van der Waals surface area contributed by atoms with Crippen molar-refractivity contribution in [2.45, 2.75) is 12.4 Å². The van der Waals surface area contributed by atoms with Crippen LogP contribution in [0.15, 0.2) is 146 Å². The predicted molar refractivity (Wildman–Crippen MR) is 183 cm³/mol. The van der Waals surface area contributed by atoms with Crippen molar-refractivity contribution in [3.63, 3.8) is 0 Å². The minimum absolute atomic E-state index is 0.675. The van der Waals surface area contributed by atoms with E-state index < -0.39 is 23.5 Å². The number of rotatable bonds is 3. The van der Waals surface area contributed by atoms with Crippen LogP contribution in [0.5, 0.6) is 0 Å². The Morgan fingerprint density at radius 3 is 0.667 bits per heavy atom. The Bertz CT molecular complexity index is 2210. The SMILES string of the molecule is FC(F)(F)c1ccc(-c2c3ccccc3c(-c3c4ccccc4c(-c4ccc(C(F)(F)F)cc4)c4ccccc34)c3ccccc23)cc1. The number of benzene rings is 8. The molecule has 48 heavy (non-hydrogen) atoms. The summed E-state index contributed by atoms with van der Waals surface area (Å²) in [5.74, 6) is 0. The smallest absolute Gasteiger partial charge is 0.166 e. The molecule has 6 heteroatoms. The summed E-state index contributed by atoms with van der Waals surface area (Å²) >= 11 is 0. The average Bonchev–Trinajstić information content (AvgIpc) is 3.09. The number of alkyl halides is 6. The fourth-order valence-electron chi connectivity index (χ4n) is 7.07. The highest BCUT2D eigenvalue weighted by atomic mass is 19.4. The van der Waals surface area contributed by atoms with Gasteiger partial charge < -0.3 is 0 Å². The molecule has 0 saturated heterocycles. The summed E-state index contributed by atoms with van der Waals surface area (Å²) in [6.07, 6.45) is -8.89. The molecule has 0 aliphatic heterocycles. The van der Waals surface area contributed by atoms with E-state index in [0.717, 1.165) is 89.6 Å². The maximum absolute atomic E-state index is 13.5. The predicted octanol–water partition coefficient (Wildman–Crippen LogP) is 13.3. The summed E-state index contributed by atoms with van der Waals surface area (Å²) in [7, 11) is 0. The van der Waals surface area contributed by atoms with Gasteiger partial charge in [0, 0.05) is 0 Å². The van der Waals surface area contributed by atoms with Gasteiger partial charge in [0.25, 0.3) is 0 Å². The first-order valence-corrected chi connectivity index (χ1v) is 15.3. The Balaban J connectivity index is 1.49. The summed E-state index contributed by atoms with van der Waals surface area (Å²) in [5, 5.41) is 7.31. The highest BCUT2D eigenvalue weighted by molar-refractivity contribution is 6.29. The van der Waals surface area contributed by atoms with Gasteiger partial charge in [-0.15, -0.1) is 0 Å². The topological polar surface area (TPSA) is 0 Å². The summed E-state index contributed by atoms with van der Waals surface area (Å²) in [4.78, 5) is 0. The lowest BCUT2D eigenvalue weighted by Gasteiger charge is -2.22. The van der Waals surface area contributed by atoms with Crippen LogP contribution in [0.2, 0.25) is 0 Å². The quantitative estimate of drug-likeness (QED) is 0.133. The molecule has 0 aliphatic rings. The zero-order valence-electron chi connectivity index (χ0n) is 25.1. The van der Waals surface area contributed by atoms with Gasteiger partial charge in [-0.3, -0.25) is 0 Å². The third-order valence-electron chi connectivity index (χ3n) is 9.11. The molecule has 0 spiro atoms. The van der Waals surface area contributed by atoms with Crippen LogP contribution in [0.3, 0.4) is 0 Å². The minimum atomic E-state index is -4.44. The first-order valence-electron chi connectivity index (χ1n) is 15.3. The Kier molecular flexibility index (Phi) is 6.81. The maximum Gasteiger partial charge on any atom is 0.416 e. The van der Waals surface area contributed by atoms with Crippen molar-refractivity contribution in [3.05, 3.63) is 157 Å². The lowest BCUT2D eigenvalue weighted by atomic mass is 9.81. The second-order valence-corrected chi connectivity index (χ2v) is 11.8. The molecule has 0 radical (unpaired) electrons. The van der Waals surface area contributed by atoms with Crippen molar-refractivity contribution in [1.29, 1.82) is 0 Å². The first kappa shape index (κ1) is 29.8. The van der Waals surface area contributed by atoms with Crippen molar-refractivity contribution >= 4 is 43.1 Å². The van der Waals surface area contributed by atoms with Gasteiger partial charge in [-0.25, -0.2) is 0 Å². The normalized spacial score (nSPS) is 12.4. The Morgan fingerprint density at radius 1 is 0.250 bits per heavy atom. The molecule has 8 rings (SSSR count). The molecule has 0 nitrogen and oxygen atoms in total. The molecule has 0 amide bonds. The molecular formula is C42H24F6. The van der Waals surface area contributed by atoms with Crippen LogP contribution in [-0.4, -0.2) is 0 Å². The van der Waals surface area contributed by atoms with Crippen molar-refractivity contribution in [3.8, 4) is 33.4 Å². The number of halogens is 6. The van der Waals surface area contributed by atoms with E-state index in [1.54, 1.807) is 0 Å². The largest absolute Gasteiger partial charge is 0.416 e. The van der Waals surface area contributed by atoms with Crippen LogP contribution in [-0.2, 0) is 12.4 Å². The van der Waals surface area contributed by atoms with Crippen LogP contribution < -0.4 is 0 Å². The third-order valence-corrected chi connectivity index (χ3v) is 9.11. The van der Waals surface area contributed by atoms with Crippen LogP contribution in [0.4, 0.5) is 26.3 Å². The van der Waals surface area contributed by atoms with Crippen LogP contribution in [0.25, 0.3) is 76.5 Å². The molecule has 0 fully saturated rings. The van der Waals surface area contributed by atoms with Crippen molar-refractivity contribution in [2.24, 2.45) is 0 Å². The van der Waals surface area contributed by atoms with Gasteiger partial charge in [0.2, 0.25) is 0 Å². The van der Waals surface area contributed by atoms with Gasteiger partial charge in [0.1, 0.15) is 0 Å². The lowest BCUT2D eigenvalue weighted by Crippen LogP contribution is -2.04. The van der Waals surface area contributed by atoms with E-state index in [-0.39, 0.29) is 0 Å². The molecule has 0 unspecified atom stereocenters. The molecule has 0 saturated carbocycles. The molecule has 234 valence electrons. The molecule has 8 aromatic rings. The second-order valence-electron chi connectivity index (χ2n) is 11.8. The molecule has 0 heterocycles. The first-order chi connectivity index (χ1) is 23.1. The van der Waals surface area contributed by atoms with E-state index in [4.69, 9.17) is 0 Å². The van der Waals surface area contributed by atoms with Gasteiger partial charge >= 0.3 is 12.4 Å². The lowest BCUT2D eigenvalue weighted by molar-refractivity contribution is -0.138. The zero-order chi connectivity index (χ0) is 33.2. The fraction of sp³-hybridized carbons (Fsp3) is 0.0476. The molecule has 0 aliphatic carbocycles. The van der Waals surface area contributed by atoms with E-state index in [1.165, 1.54) is 24.3 Å². The van der Waals surface area contributed by atoms with Crippen molar-refractivity contribution in [2.75, 3.05) is 0 Å². The summed E-state index contributed by atoms with van der Waals surface area (Å²) in [6.45, 7) is 0. The zero-order valence-corrected chi connectivity index (χ0v) is 25.1. The van der Waals surface area contributed by atoms with E-state index in [2.05, 4.69) is 0 Å². The van der Waals surface area contributed by atoms with E-state index >= 15 is 0 Å². The van der Waals surface area contributed by atoms with Gasteiger partial charge in [-0.05, 0) is 101 Å². The third kappa shape index (κ3) is 4.79. The Labute approximate surface area is 271 Å². The van der Waals surface area contributed by atoms with Crippen LogP contribution in [0.1, 0.15) is 11.1 Å². The van der Waals surface area contributed by atoms with Crippen molar-refractivity contribution < 1.29 is 26.3 Å². The Morgan fingerprint density at radius 2 is 0.458 bits per heavy atom. The number of fused-ring (bicyclic) bond motifs is 4. The summed E-state index contributed by atoms with van der Waals surface area (Å²) in [5.41, 5.74) is 3.57. The molecule has 0 aromatic heterocycles. The monoisotopic (exact) mass is 642 g/mol. The van der Waals surface area contributed by atoms with Crippen molar-refractivity contribution in [1.82, 2.24) is 0 Å². The molecule has 0 N–H and O–H groups in total. The van der Waals surface area contributed by atoms with Crippen LogP contribution in [0, 0.1) is 0 Å². The molecule has 8 aromatic carbocycles. The molecule has 0 bridgehead atoms. The van der Waals surface area contributed by atoms with Gasteiger partial charge in [0.05, 0.1) is 11.1 Å². The average molecular weight is 643 g/mol. The number of hydrogen-bond donors (Lipinski definition) is 0. The standard InChI is InChI=1S/C42H24F6/c43-41(44,45)27-21-17-25(18-22-27)37-29-9-1-5-13-33(29)39(34-14-6-2-10-30(34)37)40-35-15-7-3-11-31(35)38(32-12-4-8-16-36(32)40)26-19-23-28(24-20-26)42(46,47)48/h1-24H. The number of hydrogen-bond acceptors (Lipinski definition) is 0. The van der Waals surface area contributed by atoms with E-state index in [0.29, 0.717) is 11.1 Å². The highest BCUT2D eigenvalue weighted by Crippen LogP contribution is 2.50. The minimum Gasteiger partial charge on any atom is -0.166 e. The van der Waals surface area contributed by atoms with E-state index in [9.17, 15) is 26.3 Å². The summed E-state index contributed by atoms with van der Waals surface area (Å²) < 4.78 is 80.9. The fourth-order valence-corrected chi connectivity index (χ4v) is 7.07. The van der Waals surface area contributed by atoms with Gasteiger partial charge in [-0.1, -0.05) is 121 Å². The second kappa shape index (κ2) is 11.0. The summed E-state index contributed by atoms with van der Waals surface area (Å²) in [6, 6.07) is 42.3. The van der Waals surface area contributed by atoms with Gasteiger partial charge in [-0.2, -0.15) is 26.3 Å². The highest BCUT2D eigenvalue weighted by Gasteiger charge is 2.31. The maximum atomic E-state index is 13.5. The van der Waals surface area contributed by atoms with Gasteiger partial charge in [0.15, 0.2) is 0 Å². The molecule has 0 atom stereocenters. The van der Waals surface area contributed by atoms with Crippen LogP contribution >= 0.6 is 0 Å². The van der Waals surface area contributed by atoms with E-state index in [1.807, 2.05) is 97.1 Å².